The number of fused-ring (bicyclic) bond motifs is 1. The highest BCUT2D eigenvalue weighted by atomic mass is 16.5. The number of ether oxygens (including phenoxy) is 1. The van der Waals surface area contributed by atoms with E-state index in [-0.39, 0.29) is 18.1 Å². The lowest BCUT2D eigenvalue weighted by molar-refractivity contribution is -0.0961. The van der Waals surface area contributed by atoms with Crippen molar-refractivity contribution in [1.82, 2.24) is 14.7 Å². The SMILES string of the molecule is C[C@@H]1Cc2c(nn(C)c2C(=O)N2CC(O)(C3CC3)C2)[C@H](C)O1. The highest BCUT2D eigenvalue weighted by molar-refractivity contribution is 5.95. The first-order chi connectivity index (χ1) is 10.4. The maximum absolute atomic E-state index is 12.8. The third kappa shape index (κ3) is 2.01. The number of rotatable bonds is 2. The topological polar surface area (TPSA) is 67.6 Å². The predicted octanol–water partition coefficient (Wildman–Crippen LogP) is 1.04. The largest absolute Gasteiger partial charge is 0.386 e. The number of nitrogens with zero attached hydrogens (tertiary/aromatic N) is 3. The van der Waals surface area contributed by atoms with Gasteiger partial charge < -0.3 is 14.7 Å². The van der Waals surface area contributed by atoms with Crippen molar-refractivity contribution in [2.24, 2.45) is 13.0 Å². The number of hydrogen-bond donors (Lipinski definition) is 1. The third-order valence-electron chi connectivity index (χ3n) is 5.25. The molecule has 0 spiro atoms. The van der Waals surface area contributed by atoms with Crippen LogP contribution in [0.2, 0.25) is 0 Å². The monoisotopic (exact) mass is 305 g/mol. The smallest absolute Gasteiger partial charge is 0.272 e. The molecule has 0 unspecified atom stereocenters. The van der Waals surface area contributed by atoms with Gasteiger partial charge in [0, 0.05) is 19.0 Å². The zero-order valence-corrected chi connectivity index (χ0v) is 13.4. The zero-order chi connectivity index (χ0) is 15.6. The summed E-state index contributed by atoms with van der Waals surface area (Å²) in [5.41, 5.74) is 1.91. The summed E-state index contributed by atoms with van der Waals surface area (Å²) in [6.45, 7) is 4.91. The molecule has 0 radical (unpaired) electrons. The van der Waals surface area contributed by atoms with Gasteiger partial charge in [0.05, 0.1) is 31.0 Å². The van der Waals surface area contributed by atoms with Crippen molar-refractivity contribution in [1.29, 1.82) is 0 Å². The van der Waals surface area contributed by atoms with Crippen LogP contribution in [0.4, 0.5) is 0 Å². The lowest BCUT2D eigenvalue weighted by Crippen LogP contribution is -2.65. The molecule has 3 aliphatic rings. The molecule has 1 aromatic rings. The molecule has 6 nitrogen and oxygen atoms in total. The van der Waals surface area contributed by atoms with Gasteiger partial charge in [0.1, 0.15) is 11.3 Å². The molecular formula is C16H23N3O3. The van der Waals surface area contributed by atoms with Gasteiger partial charge in [-0.1, -0.05) is 0 Å². The van der Waals surface area contributed by atoms with Gasteiger partial charge in [-0.25, -0.2) is 0 Å². The quantitative estimate of drug-likeness (QED) is 0.886. The van der Waals surface area contributed by atoms with Crippen LogP contribution in [0.3, 0.4) is 0 Å². The van der Waals surface area contributed by atoms with Crippen molar-refractivity contribution in [3.8, 4) is 0 Å². The minimum absolute atomic E-state index is 0.0112. The Kier molecular flexibility index (Phi) is 2.94. The summed E-state index contributed by atoms with van der Waals surface area (Å²) in [5.74, 6) is 0.383. The number of aryl methyl sites for hydroxylation is 1. The van der Waals surface area contributed by atoms with E-state index in [1.54, 1.807) is 9.58 Å². The lowest BCUT2D eigenvalue weighted by Gasteiger charge is -2.47. The van der Waals surface area contributed by atoms with Gasteiger partial charge in [-0.3, -0.25) is 9.48 Å². The van der Waals surface area contributed by atoms with Gasteiger partial charge >= 0.3 is 0 Å². The fourth-order valence-electron chi connectivity index (χ4n) is 3.92. The van der Waals surface area contributed by atoms with Crippen LogP contribution in [-0.2, 0) is 18.2 Å². The Morgan fingerprint density at radius 2 is 2.05 bits per heavy atom. The Bertz CT molecular complexity index is 629. The second kappa shape index (κ2) is 4.55. The standard InChI is InChI=1S/C16H23N3O3/c1-9-6-12-13(10(2)22-9)17-18(3)14(12)15(20)19-7-16(21,8-19)11-4-5-11/h9-11,21H,4-8H2,1-3H3/t9-,10+/m1/s1. The third-order valence-corrected chi connectivity index (χ3v) is 5.25. The molecular weight excluding hydrogens is 282 g/mol. The van der Waals surface area contributed by atoms with Crippen LogP contribution in [0.5, 0.6) is 0 Å². The van der Waals surface area contributed by atoms with Crippen LogP contribution < -0.4 is 0 Å². The molecule has 3 heterocycles. The molecule has 2 aliphatic heterocycles. The molecule has 6 heteroatoms. The van der Waals surface area contributed by atoms with Crippen LogP contribution in [0.1, 0.15) is 54.5 Å². The van der Waals surface area contributed by atoms with Crippen molar-refractivity contribution in [3.63, 3.8) is 0 Å². The molecule has 22 heavy (non-hydrogen) atoms. The van der Waals surface area contributed by atoms with Gasteiger partial charge in [-0.15, -0.1) is 0 Å². The van der Waals surface area contributed by atoms with E-state index in [0.717, 1.165) is 30.5 Å². The molecule has 1 N–H and O–H groups in total. The van der Waals surface area contributed by atoms with E-state index in [1.165, 1.54) is 0 Å². The number of hydrogen-bond acceptors (Lipinski definition) is 4. The molecule has 0 aromatic carbocycles. The highest BCUT2D eigenvalue weighted by Gasteiger charge is 2.54. The van der Waals surface area contributed by atoms with Gasteiger partial charge in [0.2, 0.25) is 0 Å². The molecule has 2 fully saturated rings. The first-order valence-electron chi connectivity index (χ1n) is 8.12. The number of likely N-dealkylation sites (tertiary alicyclic amines) is 1. The number of aliphatic hydroxyl groups is 1. The Hall–Kier alpha value is -1.40. The minimum atomic E-state index is -0.641. The molecule has 1 saturated carbocycles. The fourth-order valence-corrected chi connectivity index (χ4v) is 3.92. The first-order valence-corrected chi connectivity index (χ1v) is 8.12. The number of carbonyl (C=O) groups excluding carboxylic acids is 1. The van der Waals surface area contributed by atoms with E-state index in [2.05, 4.69) is 5.10 Å². The van der Waals surface area contributed by atoms with Crippen LogP contribution in [-0.4, -0.2) is 50.5 Å². The van der Waals surface area contributed by atoms with Gasteiger partial charge in [0.15, 0.2) is 0 Å². The van der Waals surface area contributed by atoms with Crippen molar-refractivity contribution in [2.45, 2.75) is 50.9 Å². The predicted molar refractivity (Wildman–Crippen MR) is 79.5 cm³/mol. The molecule has 4 rings (SSSR count). The molecule has 120 valence electrons. The van der Waals surface area contributed by atoms with Gasteiger partial charge in [0.25, 0.3) is 5.91 Å². The summed E-state index contributed by atoms with van der Waals surface area (Å²) in [6, 6.07) is 0. The molecule has 1 aliphatic carbocycles. The molecule has 1 aromatic heterocycles. The van der Waals surface area contributed by atoms with E-state index < -0.39 is 5.60 Å². The zero-order valence-electron chi connectivity index (χ0n) is 13.4. The van der Waals surface area contributed by atoms with E-state index in [0.29, 0.717) is 24.7 Å². The Morgan fingerprint density at radius 3 is 2.68 bits per heavy atom. The Labute approximate surface area is 130 Å². The maximum atomic E-state index is 12.8. The summed E-state index contributed by atoms with van der Waals surface area (Å²) >= 11 is 0. The molecule has 1 amide bonds. The number of amides is 1. The molecule has 0 bridgehead atoms. The summed E-state index contributed by atoms with van der Waals surface area (Å²) in [6.07, 6.45) is 2.91. The minimum Gasteiger partial charge on any atom is -0.386 e. The summed E-state index contributed by atoms with van der Waals surface area (Å²) in [7, 11) is 1.82. The van der Waals surface area contributed by atoms with Crippen molar-refractivity contribution < 1.29 is 14.6 Å². The second-order valence-electron chi connectivity index (χ2n) is 7.17. The number of β-amino-alcohol motifs (C(OH)–C–C–N with tert-alkyl or cyclic N) is 1. The van der Waals surface area contributed by atoms with E-state index in [4.69, 9.17) is 4.74 Å². The Morgan fingerprint density at radius 1 is 1.36 bits per heavy atom. The Balaban J connectivity index is 1.59. The summed E-state index contributed by atoms with van der Waals surface area (Å²) < 4.78 is 7.47. The summed E-state index contributed by atoms with van der Waals surface area (Å²) in [4.78, 5) is 14.6. The lowest BCUT2D eigenvalue weighted by atomic mass is 9.88. The van der Waals surface area contributed by atoms with Crippen LogP contribution in [0, 0.1) is 5.92 Å². The van der Waals surface area contributed by atoms with Crippen LogP contribution in [0.25, 0.3) is 0 Å². The van der Waals surface area contributed by atoms with Gasteiger partial charge in [-0.2, -0.15) is 5.10 Å². The average Bonchev–Trinajstić information content (AvgIpc) is 3.19. The van der Waals surface area contributed by atoms with E-state index in [1.807, 2.05) is 20.9 Å². The highest BCUT2D eigenvalue weighted by Crippen LogP contribution is 2.45. The maximum Gasteiger partial charge on any atom is 0.272 e. The fraction of sp³-hybridized carbons (Fsp3) is 0.750. The van der Waals surface area contributed by atoms with Crippen molar-refractivity contribution in [2.75, 3.05) is 13.1 Å². The van der Waals surface area contributed by atoms with Crippen molar-refractivity contribution in [3.05, 3.63) is 17.0 Å². The summed E-state index contributed by atoms with van der Waals surface area (Å²) in [5, 5.41) is 14.9. The normalized spacial score (nSPS) is 29.9. The van der Waals surface area contributed by atoms with E-state index in [9.17, 15) is 9.90 Å². The van der Waals surface area contributed by atoms with Crippen LogP contribution >= 0.6 is 0 Å². The van der Waals surface area contributed by atoms with E-state index >= 15 is 0 Å². The second-order valence-corrected chi connectivity index (χ2v) is 7.17. The first kappa shape index (κ1) is 14.2. The molecule has 1 saturated heterocycles. The van der Waals surface area contributed by atoms with Crippen molar-refractivity contribution >= 4 is 5.91 Å². The average molecular weight is 305 g/mol. The van der Waals surface area contributed by atoms with Gasteiger partial charge in [-0.05, 0) is 32.6 Å². The van der Waals surface area contributed by atoms with Crippen LogP contribution in [0.15, 0.2) is 0 Å². The number of carbonyl (C=O) groups is 1. The molecule has 2 atom stereocenters. The number of aromatic nitrogens is 2.